The van der Waals surface area contributed by atoms with Crippen molar-refractivity contribution in [1.82, 2.24) is 4.98 Å². The van der Waals surface area contributed by atoms with Gasteiger partial charge >= 0.3 is 0 Å². The predicted molar refractivity (Wildman–Crippen MR) is 64.6 cm³/mol. The molecule has 0 atom stereocenters. The van der Waals surface area contributed by atoms with Gasteiger partial charge < -0.3 is 21.5 Å². The van der Waals surface area contributed by atoms with Crippen LogP contribution in [0, 0.1) is 0 Å². The molecule has 0 radical (unpaired) electrons. The van der Waals surface area contributed by atoms with Gasteiger partial charge in [-0.15, -0.1) is 0 Å². The SMILES string of the molecule is COC1CC(Nc2cc(C(N)=O)c(N)cn2)C1. The number of anilines is 2. The molecule has 0 aliphatic heterocycles. The minimum absolute atomic E-state index is 0.296. The number of primary amides is 1. The standard InChI is InChI=1S/C11H16N4O2/c1-17-7-2-6(3-7)15-10-4-8(11(13)16)9(12)5-14-10/h4-7H,2-3,12H2,1H3,(H2,13,16)(H,14,15). The lowest BCUT2D eigenvalue weighted by molar-refractivity contribution is 0.0328. The number of hydrogen-bond donors (Lipinski definition) is 3. The average Bonchev–Trinajstić information content (AvgIpc) is 2.24. The van der Waals surface area contributed by atoms with Crippen molar-refractivity contribution in [3.05, 3.63) is 17.8 Å². The van der Waals surface area contributed by atoms with Gasteiger partial charge in [0.15, 0.2) is 0 Å². The van der Waals surface area contributed by atoms with E-state index in [0.717, 1.165) is 12.8 Å². The first kappa shape index (κ1) is 11.7. The van der Waals surface area contributed by atoms with Gasteiger partial charge in [0.05, 0.1) is 23.6 Å². The normalized spacial score (nSPS) is 22.9. The molecular formula is C11H16N4O2. The minimum atomic E-state index is -0.545. The lowest BCUT2D eigenvalue weighted by Gasteiger charge is -2.34. The van der Waals surface area contributed by atoms with E-state index < -0.39 is 5.91 Å². The van der Waals surface area contributed by atoms with Crippen LogP contribution in [0.15, 0.2) is 12.3 Å². The minimum Gasteiger partial charge on any atom is -0.397 e. The van der Waals surface area contributed by atoms with Gasteiger partial charge in [-0.1, -0.05) is 0 Å². The largest absolute Gasteiger partial charge is 0.397 e. The Bertz CT molecular complexity index is 429. The maximum atomic E-state index is 11.1. The first-order valence-electron chi connectivity index (χ1n) is 5.44. The van der Waals surface area contributed by atoms with Crippen LogP contribution >= 0.6 is 0 Å². The van der Waals surface area contributed by atoms with Crippen LogP contribution in [0.5, 0.6) is 0 Å². The maximum Gasteiger partial charge on any atom is 0.250 e. The molecule has 6 nitrogen and oxygen atoms in total. The number of nitrogens with two attached hydrogens (primary N) is 2. The van der Waals surface area contributed by atoms with Gasteiger partial charge in [0.2, 0.25) is 0 Å². The van der Waals surface area contributed by atoms with Crippen molar-refractivity contribution < 1.29 is 9.53 Å². The highest BCUT2D eigenvalue weighted by molar-refractivity contribution is 5.98. The summed E-state index contributed by atoms with van der Waals surface area (Å²) in [6.45, 7) is 0. The third-order valence-corrected chi connectivity index (χ3v) is 2.98. The Morgan fingerprint density at radius 3 is 2.88 bits per heavy atom. The molecule has 0 aromatic carbocycles. The zero-order valence-electron chi connectivity index (χ0n) is 9.64. The monoisotopic (exact) mass is 236 g/mol. The molecule has 0 bridgehead atoms. The topological polar surface area (TPSA) is 103 Å². The second kappa shape index (κ2) is 4.58. The smallest absolute Gasteiger partial charge is 0.250 e. The van der Waals surface area contributed by atoms with Gasteiger partial charge in [0.1, 0.15) is 5.82 Å². The van der Waals surface area contributed by atoms with E-state index in [1.54, 1.807) is 13.2 Å². The van der Waals surface area contributed by atoms with Crippen molar-refractivity contribution in [3.8, 4) is 0 Å². The summed E-state index contributed by atoms with van der Waals surface area (Å²) in [6.07, 6.45) is 3.63. The number of nitrogen functional groups attached to an aromatic ring is 1. The molecule has 0 unspecified atom stereocenters. The van der Waals surface area contributed by atoms with Crippen LogP contribution in [-0.4, -0.2) is 30.1 Å². The number of nitrogens with one attached hydrogen (secondary N) is 1. The van der Waals surface area contributed by atoms with Crippen LogP contribution in [0.2, 0.25) is 0 Å². The molecule has 0 spiro atoms. The molecule has 1 aliphatic carbocycles. The fourth-order valence-corrected chi connectivity index (χ4v) is 1.84. The van der Waals surface area contributed by atoms with Crippen molar-refractivity contribution in [1.29, 1.82) is 0 Å². The summed E-state index contributed by atoms with van der Waals surface area (Å²) in [7, 11) is 1.70. The van der Waals surface area contributed by atoms with E-state index in [2.05, 4.69) is 10.3 Å². The Morgan fingerprint density at radius 1 is 1.59 bits per heavy atom. The molecule has 0 saturated heterocycles. The predicted octanol–water partition coefficient (Wildman–Crippen LogP) is 0.352. The highest BCUT2D eigenvalue weighted by atomic mass is 16.5. The highest BCUT2D eigenvalue weighted by Gasteiger charge is 2.29. The fourth-order valence-electron chi connectivity index (χ4n) is 1.84. The lowest BCUT2D eigenvalue weighted by atomic mass is 9.89. The Labute approximate surface area is 99.3 Å². The summed E-state index contributed by atoms with van der Waals surface area (Å²) in [5, 5.41) is 3.21. The summed E-state index contributed by atoms with van der Waals surface area (Å²) in [4.78, 5) is 15.2. The van der Waals surface area contributed by atoms with Gasteiger partial charge in [-0.25, -0.2) is 4.98 Å². The number of hydrogen-bond acceptors (Lipinski definition) is 5. The molecule has 1 aromatic rings. The number of nitrogens with zero attached hydrogens (tertiary/aromatic N) is 1. The Kier molecular flexibility index (Phi) is 3.14. The van der Waals surface area contributed by atoms with Gasteiger partial charge in [0.25, 0.3) is 5.91 Å². The Hall–Kier alpha value is -1.82. The van der Waals surface area contributed by atoms with Crippen LogP contribution in [0.3, 0.4) is 0 Å². The van der Waals surface area contributed by atoms with Crippen LogP contribution in [0.4, 0.5) is 11.5 Å². The molecule has 2 rings (SSSR count). The van der Waals surface area contributed by atoms with E-state index in [-0.39, 0.29) is 0 Å². The molecule has 1 aliphatic rings. The molecule has 1 fully saturated rings. The van der Waals surface area contributed by atoms with Crippen molar-refractivity contribution in [3.63, 3.8) is 0 Å². The van der Waals surface area contributed by atoms with Crippen molar-refractivity contribution in [2.24, 2.45) is 5.73 Å². The molecule has 5 N–H and O–H groups in total. The van der Waals surface area contributed by atoms with Gasteiger partial charge in [-0.3, -0.25) is 4.79 Å². The molecule has 1 aromatic heterocycles. The number of carbonyl (C=O) groups is 1. The van der Waals surface area contributed by atoms with Crippen molar-refractivity contribution in [2.45, 2.75) is 25.0 Å². The van der Waals surface area contributed by atoms with Crippen LogP contribution in [0.1, 0.15) is 23.2 Å². The fraction of sp³-hybridized carbons (Fsp3) is 0.455. The summed E-state index contributed by atoms with van der Waals surface area (Å²) >= 11 is 0. The second-order valence-electron chi connectivity index (χ2n) is 4.19. The Morgan fingerprint density at radius 2 is 2.29 bits per heavy atom. The zero-order chi connectivity index (χ0) is 12.4. The van der Waals surface area contributed by atoms with Crippen LogP contribution in [-0.2, 0) is 4.74 Å². The molecule has 1 amide bonds. The van der Waals surface area contributed by atoms with Gasteiger partial charge in [0, 0.05) is 13.2 Å². The third kappa shape index (κ3) is 2.47. The summed E-state index contributed by atoms with van der Waals surface area (Å²) in [5.74, 6) is 0.0730. The number of ether oxygens (including phenoxy) is 1. The van der Waals surface area contributed by atoms with E-state index in [0.29, 0.717) is 29.2 Å². The summed E-state index contributed by atoms with van der Waals surface area (Å²) in [6, 6.07) is 1.91. The first-order valence-corrected chi connectivity index (χ1v) is 5.44. The number of pyridine rings is 1. The number of rotatable bonds is 4. The molecular weight excluding hydrogens is 220 g/mol. The van der Waals surface area contributed by atoms with Gasteiger partial charge in [-0.05, 0) is 18.9 Å². The van der Waals surface area contributed by atoms with E-state index in [9.17, 15) is 4.79 Å². The van der Waals surface area contributed by atoms with Crippen molar-refractivity contribution >= 4 is 17.4 Å². The maximum absolute atomic E-state index is 11.1. The third-order valence-electron chi connectivity index (χ3n) is 2.98. The quantitative estimate of drug-likeness (QED) is 0.700. The number of amides is 1. The zero-order valence-corrected chi connectivity index (χ0v) is 9.64. The van der Waals surface area contributed by atoms with E-state index in [4.69, 9.17) is 16.2 Å². The number of carbonyl (C=O) groups excluding carboxylic acids is 1. The van der Waals surface area contributed by atoms with Crippen molar-refractivity contribution in [2.75, 3.05) is 18.2 Å². The first-order chi connectivity index (χ1) is 8.10. The van der Waals surface area contributed by atoms with E-state index >= 15 is 0 Å². The molecule has 17 heavy (non-hydrogen) atoms. The molecule has 1 heterocycles. The van der Waals surface area contributed by atoms with Crippen LogP contribution < -0.4 is 16.8 Å². The lowest BCUT2D eigenvalue weighted by Crippen LogP contribution is -2.40. The Balaban J connectivity index is 2.02. The second-order valence-corrected chi connectivity index (χ2v) is 4.19. The average molecular weight is 236 g/mol. The van der Waals surface area contributed by atoms with Gasteiger partial charge in [-0.2, -0.15) is 0 Å². The summed E-state index contributed by atoms with van der Waals surface area (Å²) < 4.78 is 5.18. The molecule has 92 valence electrons. The highest BCUT2D eigenvalue weighted by Crippen LogP contribution is 2.26. The number of aromatic nitrogens is 1. The van der Waals surface area contributed by atoms with Crippen LogP contribution in [0.25, 0.3) is 0 Å². The van der Waals surface area contributed by atoms with E-state index in [1.807, 2.05) is 0 Å². The summed E-state index contributed by atoms with van der Waals surface area (Å²) in [5.41, 5.74) is 11.4. The number of methoxy groups -OCH3 is 1. The molecule has 6 heteroatoms. The van der Waals surface area contributed by atoms with E-state index in [1.165, 1.54) is 6.20 Å². The molecule has 1 saturated carbocycles.